The maximum absolute atomic E-state index is 11.4. The van der Waals surface area contributed by atoms with Crippen LogP contribution in [0.4, 0.5) is 4.39 Å². The van der Waals surface area contributed by atoms with Crippen LogP contribution >= 0.6 is 7.82 Å². The monoisotopic (exact) mass is 186 g/mol. The van der Waals surface area contributed by atoms with Crippen LogP contribution in [0.15, 0.2) is 0 Å². The Kier molecular flexibility index (Phi) is 5.68. The van der Waals surface area contributed by atoms with Crippen molar-refractivity contribution in [2.45, 2.75) is 19.8 Å². The van der Waals surface area contributed by atoms with Gasteiger partial charge in [-0.1, -0.05) is 13.3 Å². The smallest absolute Gasteiger partial charge is 0.302 e. The van der Waals surface area contributed by atoms with Crippen molar-refractivity contribution in [3.8, 4) is 0 Å². The van der Waals surface area contributed by atoms with E-state index in [9.17, 15) is 8.96 Å². The average molecular weight is 186 g/mol. The zero-order valence-corrected chi connectivity index (χ0v) is 7.22. The van der Waals surface area contributed by atoms with Crippen LogP contribution in [0.2, 0.25) is 0 Å². The Hall–Kier alpha value is 0.0400. The van der Waals surface area contributed by atoms with Crippen molar-refractivity contribution in [2.75, 3.05) is 13.5 Å². The quantitative estimate of drug-likeness (QED) is 0.508. The van der Waals surface area contributed by atoms with E-state index in [1.54, 1.807) is 0 Å². The first-order valence-electron chi connectivity index (χ1n) is 3.30. The van der Waals surface area contributed by atoms with Gasteiger partial charge in [0.1, 0.15) is 0 Å². The Morgan fingerprint density at radius 1 is 1.55 bits per heavy atom. The Labute approximate surface area is 64.9 Å². The molecule has 0 saturated heterocycles. The highest BCUT2D eigenvalue weighted by atomic mass is 31.2. The molecule has 0 bridgehead atoms. The van der Waals surface area contributed by atoms with Crippen LogP contribution < -0.4 is 0 Å². The maximum Gasteiger partial charge on any atom is 0.474 e. The molecule has 0 aromatic rings. The third-order valence-corrected chi connectivity index (χ3v) is 1.90. The molecule has 4 nitrogen and oxygen atoms in total. The van der Waals surface area contributed by atoms with Gasteiger partial charge in [-0.25, -0.2) is 8.96 Å². The lowest BCUT2D eigenvalue weighted by molar-refractivity contribution is 0.103. The summed E-state index contributed by atoms with van der Waals surface area (Å²) in [6.45, 7) is 0.714. The van der Waals surface area contributed by atoms with Crippen LogP contribution in [0.5, 0.6) is 0 Å². The summed E-state index contributed by atoms with van der Waals surface area (Å²) in [5.74, 6) is 0. The van der Waals surface area contributed by atoms with E-state index in [-0.39, 0.29) is 6.61 Å². The van der Waals surface area contributed by atoms with Gasteiger partial charge in [0.2, 0.25) is 0 Å². The normalized spacial score (nSPS) is 16.3. The Balaban J connectivity index is 3.47. The lowest BCUT2D eigenvalue weighted by atomic mass is 10.4. The summed E-state index contributed by atoms with van der Waals surface area (Å²) in [6, 6.07) is 0. The highest BCUT2D eigenvalue weighted by Gasteiger charge is 2.19. The molecule has 1 N–H and O–H groups in total. The number of hydrogen-bond acceptors (Lipinski definition) is 3. The SMILES string of the molecule is CCCCOP(=O)(O)OCF. The highest BCUT2D eigenvalue weighted by molar-refractivity contribution is 7.47. The molecule has 0 aliphatic carbocycles. The molecule has 0 saturated carbocycles. The van der Waals surface area contributed by atoms with Crippen LogP contribution in [-0.4, -0.2) is 18.4 Å². The van der Waals surface area contributed by atoms with E-state index < -0.39 is 14.7 Å². The van der Waals surface area contributed by atoms with Crippen molar-refractivity contribution in [1.29, 1.82) is 0 Å². The van der Waals surface area contributed by atoms with Crippen molar-refractivity contribution in [3.63, 3.8) is 0 Å². The van der Waals surface area contributed by atoms with Crippen LogP contribution in [0.1, 0.15) is 19.8 Å². The number of rotatable bonds is 6. The largest absolute Gasteiger partial charge is 0.474 e. The van der Waals surface area contributed by atoms with Gasteiger partial charge in [0, 0.05) is 0 Å². The molecule has 0 amide bonds. The lowest BCUT2D eigenvalue weighted by Gasteiger charge is -2.08. The molecular formula is C5H12FO4P. The second-order valence-electron chi connectivity index (χ2n) is 1.89. The molecule has 0 spiro atoms. The third kappa shape index (κ3) is 6.44. The molecule has 6 heteroatoms. The molecule has 0 aliphatic heterocycles. The Bertz CT molecular complexity index is 140. The molecule has 0 fully saturated rings. The number of halogens is 1. The molecule has 0 aromatic heterocycles. The van der Waals surface area contributed by atoms with Crippen molar-refractivity contribution in [3.05, 3.63) is 0 Å². The van der Waals surface area contributed by atoms with Gasteiger partial charge in [0.15, 0.2) is 6.86 Å². The summed E-state index contributed by atoms with van der Waals surface area (Å²) >= 11 is 0. The van der Waals surface area contributed by atoms with E-state index in [0.717, 1.165) is 6.42 Å². The molecule has 0 heterocycles. The number of hydrogen-bond donors (Lipinski definition) is 1. The first-order valence-corrected chi connectivity index (χ1v) is 4.79. The second-order valence-corrected chi connectivity index (χ2v) is 3.35. The minimum absolute atomic E-state index is 0.115. The summed E-state index contributed by atoms with van der Waals surface area (Å²) in [6.07, 6.45) is 1.50. The van der Waals surface area contributed by atoms with Gasteiger partial charge < -0.3 is 4.89 Å². The standard InChI is InChI=1S/C5H12FO4P/c1-2-3-4-9-11(7,8)10-5-6/h2-5H2,1H3,(H,7,8). The third-order valence-electron chi connectivity index (χ3n) is 0.964. The minimum atomic E-state index is -4.10. The predicted octanol–water partition coefficient (Wildman–Crippen LogP) is 1.85. The molecule has 1 atom stereocenters. The zero-order chi connectivity index (χ0) is 8.74. The highest BCUT2D eigenvalue weighted by Crippen LogP contribution is 2.43. The summed E-state index contributed by atoms with van der Waals surface area (Å²) in [5, 5.41) is 0. The molecule has 0 radical (unpaired) electrons. The fourth-order valence-electron chi connectivity index (χ4n) is 0.423. The summed E-state index contributed by atoms with van der Waals surface area (Å²) in [5.41, 5.74) is 0. The lowest BCUT2D eigenvalue weighted by Crippen LogP contribution is -1.95. The number of phosphoric ester groups is 1. The van der Waals surface area contributed by atoms with E-state index >= 15 is 0 Å². The van der Waals surface area contributed by atoms with Crippen LogP contribution in [-0.2, 0) is 13.6 Å². The van der Waals surface area contributed by atoms with Crippen LogP contribution in [0.3, 0.4) is 0 Å². The molecule has 0 aromatic carbocycles. The first kappa shape index (κ1) is 11.0. The Morgan fingerprint density at radius 2 is 2.18 bits per heavy atom. The minimum Gasteiger partial charge on any atom is -0.302 e. The zero-order valence-electron chi connectivity index (χ0n) is 6.33. The van der Waals surface area contributed by atoms with E-state index in [0.29, 0.717) is 6.42 Å². The molecule has 0 rings (SSSR count). The fourth-order valence-corrected chi connectivity index (χ4v) is 0.981. The average Bonchev–Trinajstić information content (AvgIpc) is 1.87. The van der Waals surface area contributed by atoms with Gasteiger partial charge >= 0.3 is 7.82 Å². The van der Waals surface area contributed by atoms with Gasteiger partial charge in [-0.15, -0.1) is 0 Å². The number of unbranched alkanes of at least 4 members (excludes halogenated alkanes) is 1. The molecule has 1 unspecified atom stereocenters. The number of phosphoric acid groups is 1. The van der Waals surface area contributed by atoms with Gasteiger partial charge in [0.25, 0.3) is 0 Å². The van der Waals surface area contributed by atoms with Gasteiger partial charge in [-0.2, -0.15) is 0 Å². The molecule has 0 aliphatic rings. The van der Waals surface area contributed by atoms with E-state index in [4.69, 9.17) is 4.89 Å². The summed E-state index contributed by atoms with van der Waals surface area (Å²) in [7, 11) is -4.10. The van der Waals surface area contributed by atoms with Crippen LogP contribution in [0, 0.1) is 0 Å². The van der Waals surface area contributed by atoms with E-state index in [1.807, 2.05) is 6.92 Å². The van der Waals surface area contributed by atoms with E-state index in [1.165, 1.54) is 0 Å². The Morgan fingerprint density at radius 3 is 2.64 bits per heavy atom. The summed E-state index contributed by atoms with van der Waals surface area (Å²) in [4.78, 5) is 8.61. The van der Waals surface area contributed by atoms with Crippen LogP contribution in [0.25, 0.3) is 0 Å². The predicted molar refractivity (Wildman–Crippen MR) is 37.7 cm³/mol. The van der Waals surface area contributed by atoms with Crippen molar-refractivity contribution >= 4 is 7.82 Å². The van der Waals surface area contributed by atoms with Gasteiger partial charge in [-0.3, -0.25) is 9.05 Å². The molecular weight excluding hydrogens is 174 g/mol. The van der Waals surface area contributed by atoms with Crippen molar-refractivity contribution < 1.29 is 22.9 Å². The van der Waals surface area contributed by atoms with Gasteiger partial charge in [0.05, 0.1) is 6.61 Å². The van der Waals surface area contributed by atoms with E-state index in [2.05, 4.69) is 9.05 Å². The topological polar surface area (TPSA) is 55.8 Å². The summed E-state index contributed by atoms with van der Waals surface area (Å²) < 4.78 is 30.1. The second kappa shape index (κ2) is 5.66. The first-order chi connectivity index (χ1) is 5.12. The van der Waals surface area contributed by atoms with Crippen molar-refractivity contribution in [2.24, 2.45) is 0 Å². The fraction of sp³-hybridized carbons (Fsp3) is 1.00. The van der Waals surface area contributed by atoms with Crippen molar-refractivity contribution in [1.82, 2.24) is 0 Å². The number of alkyl halides is 1. The molecule has 11 heavy (non-hydrogen) atoms. The molecule has 68 valence electrons. The van der Waals surface area contributed by atoms with Gasteiger partial charge in [-0.05, 0) is 6.42 Å². The maximum atomic E-state index is 11.4.